The molecular weight excluding hydrogens is 403 g/mol. The number of halogens is 1. The maximum atomic E-state index is 14.3. The summed E-state index contributed by atoms with van der Waals surface area (Å²) in [6.07, 6.45) is 3.80. The Kier molecular flexibility index (Phi) is 8.52. The fourth-order valence-electron chi connectivity index (χ4n) is 3.53. The molecule has 1 heterocycles. The quantitative estimate of drug-likeness (QED) is 0.480. The lowest BCUT2D eigenvalue weighted by Crippen LogP contribution is -2.51. The summed E-state index contributed by atoms with van der Waals surface area (Å²) < 4.78 is 37.3. The number of aliphatic imine (C=N–C) groups is 1. The molecule has 8 heteroatoms. The molecule has 0 radical (unpaired) electrons. The molecule has 6 nitrogen and oxygen atoms in total. The molecule has 0 aromatic heterocycles. The fourth-order valence-corrected chi connectivity index (χ4v) is 4.45. The molecule has 1 aliphatic rings. The van der Waals surface area contributed by atoms with Crippen molar-refractivity contribution < 1.29 is 12.8 Å². The third kappa shape index (κ3) is 8.13. The van der Waals surface area contributed by atoms with Crippen LogP contribution in [0.25, 0.3) is 0 Å². The molecule has 0 amide bonds. The van der Waals surface area contributed by atoms with Crippen molar-refractivity contribution in [2.24, 2.45) is 10.4 Å². The first kappa shape index (κ1) is 24.4. The summed E-state index contributed by atoms with van der Waals surface area (Å²) in [6, 6.07) is 5.39. The molecule has 170 valence electrons. The average molecular weight is 441 g/mol. The second-order valence-corrected chi connectivity index (χ2v) is 11.4. The van der Waals surface area contributed by atoms with Crippen LogP contribution in [0.1, 0.15) is 45.6 Å². The standard InChI is InChI=1S/C22H37FN4O2S/c1-6-24-21(25-16-22(3,4)11-13-30(5,28)29)26-18-8-7-12-27(15-18)20-14-17(2)9-10-19(20)23/h9-10,14,18H,6-8,11-13,15-16H2,1-5H3,(H2,24,25,26). The van der Waals surface area contributed by atoms with Crippen LogP contribution in [0.15, 0.2) is 23.2 Å². The maximum Gasteiger partial charge on any atom is 0.191 e. The number of nitrogens with zero attached hydrogens (tertiary/aromatic N) is 2. The van der Waals surface area contributed by atoms with Crippen molar-refractivity contribution in [3.8, 4) is 0 Å². The van der Waals surface area contributed by atoms with E-state index < -0.39 is 9.84 Å². The maximum absolute atomic E-state index is 14.3. The first-order chi connectivity index (χ1) is 14.0. The van der Waals surface area contributed by atoms with Crippen LogP contribution in [0.5, 0.6) is 0 Å². The highest BCUT2D eigenvalue weighted by Crippen LogP contribution is 2.25. The molecule has 0 spiro atoms. The van der Waals surface area contributed by atoms with Crippen LogP contribution in [0.3, 0.4) is 0 Å². The molecule has 1 atom stereocenters. The number of rotatable bonds is 8. The molecule has 1 aromatic rings. The Hall–Kier alpha value is -1.83. The second-order valence-electron chi connectivity index (χ2n) is 9.12. The molecule has 1 aromatic carbocycles. The lowest BCUT2D eigenvalue weighted by molar-refractivity contribution is 0.364. The van der Waals surface area contributed by atoms with Crippen molar-refractivity contribution in [1.29, 1.82) is 0 Å². The van der Waals surface area contributed by atoms with Gasteiger partial charge in [-0.2, -0.15) is 0 Å². The number of hydrogen-bond donors (Lipinski definition) is 2. The van der Waals surface area contributed by atoms with Gasteiger partial charge >= 0.3 is 0 Å². The zero-order valence-electron chi connectivity index (χ0n) is 19.0. The molecule has 2 rings (SSSR count). The molecule has 0 aliphatic carbocycles. The van der Waals surface area contributed by atoms with Crippen molar-refractivity contribution >= 4 is 21.5 Å². The van der Waals surface area contributed by atoms with Crippen molar-refractivity contribution in [2.75, 3.05) is 43.1 Å². The minimum Gasteiger partial charge on any atom is -0.367 e. The molecule has 1 fully saturated rings. The summed E-state index contributed by atoms with van der Waals surface area (Å²) in [6.45, 7) is 10.9. The molecule has 30 heavy (non-hydrogen) atoms. The highest BCUT2D eigenvalue weighted by molar-refractivity contribution is 7.90. The molecule has 2 N–H and O–H groups in total. The van der Waals surface area contributed by atoms with E-state index in [0.29, 0.717) is 25.2 Å². The third-order valence-electron chi connectivity index (χ3n) is 5.36. The van der Waals surface area contributed by atoms with Gasteiger partial charge in [0.1, 0.15) is 15.7 Å². The monoisotopic (exact) mass is 440 g/mol. The van der Waals surface area contributed by atoms with Crippen LogP contribution >= 0.6 is 0 Å². The normalized spacial score (nSPS) is 18.4. The molecule has 1 unspecified atom stereocenters. The topological polar surface area (TPSA) is 73.8 Å². The van der Waals surface area contributed by atoms with E-state index in [2.05, 4.69) is 15.5 Å². The summed E-state index contributed by atoms with van der Waals surface area (Å²) in [4.78, 5) is 6.82. The van der Waals surface area contributed by atoms with Gasteiger partial charge in [-0.1, -0.05) is 19.9 Å². The number of nitrogens with one attached hydrogen (secondary N) is 2. The van der Waals surface area contributed by atoms with Crippen LogP contribution in [0, 0.1) is 18.2 Å². The summed E-state index contributed by atoms with van der Waals surface area (Å²) in [5.74, 6) is 0.704. The lowest BCUT2D eigenvalue weighted by atomic mass is 9.90. The van der Waals surface area contributed by atoms with Gasteiger partial charge in [-0.3, -0.25) is 4.99 Å². The van der Waals surface area contributed by atoms with Crippen LogP contribution in [-0.2, 0) is 9.84 Å². The van der Waals surface area contributed by atoms with Crippen LogP contribution in [-0.4, -0.2) is 58.6 Å². The predicted octanol–water partition coefficient (Wildman–Crippen LogP) is 3.12. The number of guanidine groups is 1. The summed E-state index contributed by atoms with van der Waals surface area (Å²) in [7, 11) is -2.98. The fraction of sp³-hybridized carbons (Fsp3) is 0.682. The van der Waals surface area contributed by atoms with Crippen molar-refractivity contribution in [3.63, 3.8) is 0 Å². The highest BCUT2D eigenvalue weighted by atomic mass is 32.2. The summed E-state index contributed by atoms with van der Waals surface area (Å²) >= 11 is 0. The van der Waals surface area contributed by atoms with Gasteiger partial charge in [-0.15, -0.1) is 0 Å². The number of anilines is 1. The van der Waals surface area contributed by atoms with Gasteiger partial charge < -0.3 is 15.5 Å². The Bertz CT molecular complexity index is 840. The smallest absolute Gasteiger partial charge is 0.191 e. The Balaban J connectivity index is 2.02. The van der Waals surface area contributed by atoms with Crippen molar-refractivity contribution in [1.82, 2.24) is 10.6 Å². The number of hydrogen-bond acceptors (Lipinski definition) is 4. The molecular formula is C22H37FN4O2S. The van der Waals surface area contributed by atoms with E-state index in [0.717, 1.165) is 37.5 Å². The van der Waals surface area contributed by atoms with Gasteiger partial charge in [0.15, 0.2) is 5.96 Å². The zero-order chi connectivity index (χ0) is 22.4. The van der Waals surface area contributed by atoms with E-state index in [-0.39, 0.29) is 23.0 Å². The van der Waals surface area contributed by atoms with E-state index >= 15 is 0 Å². The largest absolute Gasteiger partial charge is 0.367 e. The van der Waals surface area contributed by atoms with E-state index in [1.807, 2.05) is 33.8 Å². The number of aryl methyl sites for hydroxylation is 1. The van der Waals surface area contributed by atoms with Gasteiger partial charge in [0.2, 0.25) is 0 Å². The molecule has 1 saturated heterocycles. The third-order valence-corrected chi connectivity index (χ3v) is 6.31. The zero-order valence-corrected chi connectivity index (χ0v) is 19.8. The van der Waals surface area contributed by atoms with Crippen LogP contribution < -0.4 is 15.5 Å². The highest BCUT2D eigenvalue weighted by Gasteiger charge is 2.24. The van der Waals surface area contributed by atoms with Crippen molar-refractivity contribution in [2.45, 2.75) is 53.0 Å². The summed E-state index contributed by atoms with van der Waals surface area (Å²) in [5.41, 5.74) is 1.49. The van der Waals surface area contributed by atoms with Gasteiger partial charge in [0.05, 0.1) is 11.4 Å². The van der Waals surface area contributed by atoms with E-state index in [1.54, 1.807) is 6.07 Å². The summed E-state index contributed by atoms with van der Waals surface area (Å²) in [5, 5.41) is 6.77. The van der Waals surface area contributed by atoms with Crippen LogP contribution in [0.4, 0.5) is 10.1 Å². The van der Waals surface area contributed by atoms with Gasteiger partial charge in [-0.05, 0) is 56.2 Å². The van der Waals surface area contributed by atoms with E-state index in [9.17, 15) is 12.8 Å². The minimum absolute atomic E-state index is 0.163. The Morgan fingerprint density at radius 1 is 1.37 bits per heavy atom. The first-order valence-electron chi connectivity index (χ1n) is 10.7. The second kappa shape index (κ2) is 10.5. The van der Waals surface area contributed by atoms with Gasteiger partial charge in [0, 0.05) is 38.5 Å². The molecule has 0 bridgehead atoms. The Morgan fingerprint density at radius 2 is 2.10 bits per heavy atom. The number of piperidine rings is 1. The minimum atomic E-state index is -2.98. The van der Waals surface area contributed by atoms with E-state index in [4.69, 9.17) is 4.99 Å². The Labute approximate surface area is 181 Å². The molecule has 0 saturated carbocycles. The number of benzene rings is 1. The predicted molar refractivity (Wildman–Crippen MR) is 124 cm³/mol. The van der Waals surface area contributed by atoms with Gasteiger partial charge in [-0.25, -0.2) is 12.8 Å². The Morgan fingerprint density at radius 3 is 2.77 bits per heavy atom. The SMILES string of the molecule is CCNC(=NCC(C)(C)CCS(C)(=O)=O)NC1CCCN(c2cc(C)ccc2F)C1. The first-order valence-corrected chi connectivity index (χ1v) is 12.8. The lowest BCUT2D eigenvalue weighted by Gasteiger charge is -2.36. The van der Waals surface area contributed by atoms with Crippen LogP contribution in [0.2, 0.25) is 0 Å². The average Bonchev–Trinajstić information content (AvgIpc) is 2.67. The molecule has 1 aliphatic heterocycles. The van der Waals surface area contributed by atoms with Crippen molar-refractivity contribution in [3.05, 3.63) is 29.6 Å². The van der Waals surface area contributed by atoms with E-state index in [1.165, 1.54) is 12.3 Å². The van der Waals surface area contributed by atoms with Gasteiger partial charge in [0.25, 0.3) is 0 Å². The number of sulfone groups is 1.